The zero-order valence-corrected chi connectivity index (χ0v) is 29.1. The Labute approximate surface area is 281 Å². The van der Waals surface area contributed by atoms with Gasteiger partial charge in [-0.25, -0.2) is 0 Å². The maximum Gasteiger partial charge on any atom is 0.0551 e. The summed E-state index contributed by atoms with van der Waals surface area (Å²) < 4.78 is 3.50. The Balaban J connectivity index is 1.66. The molecular weight excluding hydrogens is 622 g/mol. The van der Waals surface area contributed by atoms with Gasteiger partial charge >= 0.3 is 0 Å². The van der Waals surface area contributed by atoms with Crippen molar-refractivity contribution in [1.82, 2.24) is 4.57 Å². The summed E-state index contributed by atoms with van der Waals surface area (Å²) in [4.78, 5) is 0. The Morgan fingerprint density at radius 3 is 1.48 bits per heavy atom. The third-order valence-corrected chi connectivity index (χ3v) is 9.67. The molecule has 0 radical (unpaired) electrons. The largest absolute Gasteiger partial charge is 0.309 e. The second kappa shape index (κ2) is 11.4. The zero-order chi connectivity index (χ0) is 32.2. The number of para-hydroxylation sites is 1. The number of aromatic nitrogens is 1. The second-order valence-electron chi connectivity index (χ2n) is 14.5. The van der Waals surface area contributed by atoms with Crippen molar-refractivity contribution in [2.45, 2.75) is 52.4 Å². The Morgan fingerprint density at radius 2 is 0.913 bits per heavy atom. The molecule has 6 aromatic carbocycles. The van der Waals surface area contributed by atoms with Crippen LogP contribution < -0.4 is 0 Å². The summed E-state index contributed by atoms with van der Waals surface area (Å²) >= 11 is 3.84. The van der Waals surface area contributed by atoms with Crippen molar-refractivity contribution < 1.29 is 0 Å². The second-order valence-corrected chi connectivity index (χ2v) is 15.4. The molecule has 2 heteroatoms. The van der Waals surface area contributed by atoms with E-state index in [4.69, 9.17) is 0 Å². The van der Waals surface area contributed by atoms with Crippen LogP contribution in [-0.2, 0) is 10.8 Å². The number of halogens is 1. The summed E-state index contributed by atoms with van der Waals surface area (Å²) in [7, 11) is 0. The van der Waals surface area contributed by atoms with Crippen LogP contribution >= 0.6 is 15.9 Å². The molecule has 0 spiro atoms. The Kier molecular flexibility index (Phi) is 7.53. The van der Waals surface area contributed by atoms with E-state index in [0.29, 0.717) is 0 Å². The number of hydrogen-bond acceptors (Lipinski definition) is 0. The highest BCUT2D eigenvalue weighted by Crippen LogP contribution is 2.37. The molecule has 0 aliphatic carbocycles. The molecule has 7 rings (SSSR count). The number of benzene rings is 6. The van der Waals surface area contributed by atoms with Crippen LogP contribution in [0, 0.1) is 0 Å². The van der Waals surface area contributed by atoms with E-state index >= 15 is 0 Å². The number of fused-ring (bicyclic) bond motifs is 7. The summed E-state index contributed by atoms with van der Waals surface area (Å²) in [6, 6.07) is 49.4. The SMILES string of the molecule is CC(C)(C)c1cc(-c2cccc(-n3c4ccccc4c4ccccc4c4ccccc4c4ccc(Br)cc43)c2)cc(C(C)(C)C)c1. The van der Waals surface area contributed by atoms with Crippen LogP contribution in [-0.4, -0.2) is 4.57 Å². The number of nitrogens with zero attached hydrogens (tertiary/aromatic N) is 1. The topological polar surface area (TPSA) is 4.93 Å². The molecule has 0 N–H and O–H groups in total. The van der Waals surface area contributed by atoms with E-state index in [1.165, 1.54) is 54.6 Å². The minimum Gasteiger partial charge on any atom is -0.309 e. The fraction of sp³-hybridized carbons (Fsp3) is 0.182. The highest BCUT2D eigenvalue weighted by molar-refractivity contribution is 9.10. The first kappa shape index (κ1) is 30.3. The lowest BCUT2D eigenvalue weighted by Crippen LogP contribution is -2.16. The molecule has 0 saturated heterocycles. The van der Waals surface area contributed by atoms with Crippen molar-refractivity contribution in [2.75, 3.05) is 0 Å². The maximum absolute atomic E-state index is 3.84. The van der Waals surface area contributed by atoms with Gasteiger partial charge in [0, 0.05) is 20.9 Å². The molecule has 0 bridgehead atoms. The highest BCUT2D eigenvalue weighted by atomic mass is 79.9. The standard InChI is InChI=1S/C44H40BrN/c1-43(2,3)31-24-30(25-32(27-31)44(4,5)6)29-14-13-15-34(26-29)46-41-21-12-11-20-39(41)37-18-9-7-16-35(37)36-17-8-10-19-38(36)40-23-22-33(45)28-42(40)46/h7-28H,1-6H3. The highest BCUT2D eigenvalue weighted by Gasteiger charge is 2.21. The molecule has 228 valence electrons. The Morgan fingerprint density at radius 1 is 0.413 bits per heavy atom. The van der Waals surface area contributed by atoms with Gasteiger partial charge in [-0.1, -0.05) is 161 Å². The quantitative estimate of drug-likeness (QED) is 0.174. The number of rotatable bonds is 2. The van der Waals surface area contributed by atoms with Crippen molar-refractivity contribution in [3.8, 4) is 16.8 Å². The summed E-state index contributed by atoms with van der Waals surface area (Å²) in [5.74, 6) is 0. The van der Waals surface area contributed by atoms with Crippen molar-refractivity contribution in [1.29, 1.82) is 0 Å². The molecule has 1 aromatic heterocycles. The molecule has 0 saturated carbocycles. The van der Waals surface area contributed by atoms with Crippen LogP contribution in [0.1, 0.15) is 52.7 Å². The minimum atomic E-state index is 0.0415. The lowest BCUT2D eigenvalue weighted by Gasteiger charge is -2.26. The molecule has 0 amide bonds. The van der Waals surface area contributed by atoms with E-state index < -0.39 is 0 Å². The van der Waals surface area contributed by atoms with Gasteiger partial charge in [0.25, 0.3) is 0 Å². The van der Waals surface area contributed by atoms with Gasteiger partial charge in [-0.15, -0.1) is 0 Å². The van der Waals surface area contributed by atoms with Crippen LogP contribution in [0.3, 0.4) is 0 Å². The first-order valence-electron chi connectivity index (χ1n) is 16.1. The van der Waals surface area contributed by atoms with Crippen molar-refractivity contribution in [3.63, 3.8) is 0 Å². The summed E-state index contributed by atoms with van der Waals surface area (Å²) in [6.45, 7) is 13.8. The van der Waals surface area contributed by atoms with E-state index in [9.17, 15) is 0 Å². The van der Waals surface area contributed by atoms with Gasteiger partial charge in [0.05, 0.1) is 11.0 Å². The van der Waals surface area contributed by atoms with Gasteiger partial charge in [-0.05, 0) is 85.0 Å². The molecule has 1 heterocycles. The van der Waals surface area contributed by atoms with Crippen molar-refractivity contribution in [3.05, 3.63) is 149 Å². The van der Waals surface area contributed by atoms with E-state index in [2.05, 4.69) is 195 Å². The minimum absolute atomic E-state index is 0.0415. The Hall–Kier alpha value is -4.40. The van der Waals surface area contributed by atoms with Gasteiger partial charge < -0.3 is 4.57 Å². The predicted octanol–water partition coefficient (Wildman–Crippen LogP) is 13.2. The molecular formula is C44H40BrN. The average molecular weight is 663 g/mol. The zero-order valence-electron chi connectivity index (χ0n) is 27.5. The lowest BCUT2D eigenvalue weighted by atomic mass is 9.79. The van der Waals surface area contributed by atoms with Crippen molar-refractivity contribution in [2.24, 2.45) is 0 Å². The molecule has 0 aliphatic heterocycles. The van der Waals surface area contributed by atoms with Gasteiger partial charge in [0.2, 0.25) is 0 Å². The van der Waals surface area contributed by atoms with Gasteiger partial charge in [0.1, 0.15) is 0 Å². The molecule has 0 fully saturated rings. The maximum atomic E-state index is 3.84. The van der Waals surface area contributed by atoms with Crippen LogP contribution in [0.25, 0.3) is 60.2 Å². The monoisotopic (exact) mass is 661 g/mol. The van der Waals surface area contributed by atoms with Crippen LogP contribution in [0.5, 0.6) is 0 Å². The van der Waals surface area contributed by atoms with Crippen LogP contribution in [0.15, 0.2) is 138 Å². The smallest absolute Gasteiger partial charge is 0.0551 e. The molecule has 46 heavy (non-hydrogen) atoms. The van der Waals surface area contributed by atoms with Crippen molar-refractivity contribution >= 4 is 59.3 Å². The molecule has 0 atom stereocenters. The van der Waals surface area contributed by atoms with E-state index in [-0.39, 0.29) is 10.8 Å². The molecule has 0 unspecified atom stereocenters. The first-order chi connectivity index (χ1) is 22.0. The van der Waals surface area contributed by atoms with Gasteiger partial charge in [-0.2, -0.15) is 0 Å². The third-order valence-electron chi connectivity index (χ3n) is 9.17. The average Bonchev–Trinajstić information content (AvgIpc) is 3.08. The summed E-state index contributed by atoms with van der Waals surface area (Å²) in [6.07, 6.45) is 0. The van der Waals surface area contributed by atoms with E-state index in [1.807, 2.05) is 0 Å². The van der Waals surface area contributed by atoms with Crippen LogP contribution in [0.2, 0.25) is 0 Å². The lowest BCUT2D eigenvalue weighted by molar-refractivity contribution is 0.569. The summed E-state index contributed by atoms with van der Waals surface area (Å²) in [5.41, 5.74) is 8.67. The van der Waals surface area contributed by atoms with Crippen LogP contribution in [0.4, 0.5) is 0 Å². The fourth-order valence-corrected chi connectivity index (χ4v) is 6.96. The van der Waals surface area contributed by atoms with E-state index in [1.54, 1.807) is 0 Å². The third kappa shape index (κ3) is 5.50. The first-order valence-corrected chi connectivity index (χ1v) is 16.9. The predicted molar refractivity (Wildman–Crippen MR) is 204 cm³/mol. The van der Waals surface area contributed by atoms with Gasteiger partial charge in [0.15, 0.2) is 0 Å². The molecule has 0 aliphatic rings. The normalized spacial score (nSPS) is 12.2. The Bertz CT molecular complexity index is 2310. The molecule has 7 aromatic rings. The van der Waals surface area contributed by atoms with E-state index in [0.717, 1.165) is 21.2 Å². The number of hydrogen-bond donors (Lipinski definition) is 0. The summed E-state index contributed by atoms with van der Waals surface area (Å²) in [5, 5.41) is 7.33. The van der Waals surface area contributed by atoms with Gasteiger partial charge in [-0.3, -0.25) is 0 Å². The molecule has 1 nitrogen and oxygen atoms in total. The fourth-order valence-electron chi connectivity index (χ4n) is 6.61.